The van der Waals surface area contributed by atoms with Gasteiger partial charge in [0.05, 0.1) is 11.5 Å². The van der Waals surface area contributed by atoms with Crippen LogP contribution in [0.4, 0.5) is 15.8 Å². The summed E-state index contributed by atoms with van der Waals surface area (Å²) in [4.78, 5) is 22.7. The van der Waals surface area contributed by atoms with E-state index >= 15 is 0 Å². The highest BCUT2D eigenvalue weighted by molar-refractivity contribution is 6.31. The number of nitrogens with one attached hydrogen (secondary N) is 2. The Labute approximate surface area is 155 Å². The van der Waals surface area contributed by atoms with E-state index in [-0.39, 0.29) is 40.7 Å². The summed E-state index contributed by atoms with van der Waals surface area (Å²) in [5, 5.41) is 16.9. The second kappa shape index (κ2) is 8.73. The summed E-state index contributed by atoms with van der Waals surface area (Å²) in [5.74, 6) is -0.606. The third-order valence-electron chi connectivity index (χ3n) is 3.81. The van der Waals surface area contributed by atoms with E-state index in [2.05, 4.69) is 10.6 Å². The lowest BCUT2D eigenvalue weighted by Crippen LogP contribution is -2.33. The van der Waals surface area contributed by atoms with E-state index in [0.29, 0.717) is 0 Å². The SMILES string of the molecule is CC(C)[C@H](NCC(=O)Nc1ccc(Cl)cc1[N+](=O)[O-])c1ccc(F)cc1. The van der Waals surface area contributed by atoms with E-state index in [1.54, 1.807) is 12.1 Å². The molecule has 8 heteroatoms. The third-order valence-corrected chi connectivity index (χ3v) is 4.04. The number of nitro groups is 1. The molecule has 0 aliphatic carbocycles. The molecule has 6 nitrogen and oxygen atoms in total. The smallest absolute Gasteiger partial charge is 0.294 e. The van der Waals surface area contributed by atoms with Gasteiger partial charge in [0.2, 0.25) is 5.91 Å². The summed E-state index contributed by atoms with van der Waals surface area (Å²) in [5.41, 5.74) is 0.658. The first-order valence-electron chi connectivity index (χ1n) is 8.00. The summed E-state index contributed by atoms with van der Waals surface area (Å²) in [6.07, 6.45) is 0. The molecule has 26 heavy (non-hydrogen) atoms. The minimum Gasteiger partial charge on any atom is -0.319 e. The maximum atomic E-state index is 13.1. The molecule has 0 fully saturated rings. The van der Waals surface area contributed by atoms with Crippen LogP contribution in [-0.2, 0) is 4.79 Å². The Bertz CT molecular complexity index is 797. The van der Waals surface area contributed by atoms with E-state index in [1.165, 1.54) is 30.3 Å². The molecule has 0 aliphatic heterocycles. The Morgan fingerprint density at radius 2 is 1.88 bits per heavy atom. The molecule has 138 valence electrons. The molecule has 0 aliphatic rings. The van der Waals surface area contributed by atoms with E-state index < -0.39 is 10.8 Å². The number of rotatable bonds is 7. The fourth-order valence-corrected chi connectivity index (χ4v) is 2.73. The molecule has 0 saturated carbocycles. The Morgan fingerprint density at radius 1 is 1.23 bits per heavy atom. The largest absolute Gasteiger partial charge is 0.319 e. The molecule has 0 aromatic heterocycles. The molecule has 2 rings (SSSR count). The van der Waals surface area contributed by atoms with Gasteiger partial charge in [-0.2, -0.15) is 0 Å². The standard InChI is InChI=1S/C18H19ClFN3O3/c1-11(2)18(12-3-6-14(20)7-4-12)21-10-17(24)22-15-8-5-13(19)9-16(15)23(25)26/h3-9,11,18,21H,10H2,1-2H3,(H,22,24)/t18-/m0/s1. The summed E-state index contributed by atoms with van der Waals surface area (Å²) in [6.45, 7) is 3.89. The van der Waals surface area contributed by atoms with Crippen LogP contribution in [0.15, 0.2) is 42.5 Å². The number of hydrogen-bond donors (Lipinski definition) is 2. The molecule has 2 aromatic carbocycles. The first kappa shape index (κ1) is 19.8. The molecule has 0 heterocycles. The normalized spacial score (nSPS) is 12.0. The van der Waals surface area contributed by atoms with Crippen molar-refractivity contribution in [1.29, 1.82) is 0 Å². The van der Waals surface area contributed by atoms with Crippen LogP contribution in [0.3, 0.4) is 0 Å². The van der Waals surface area contributed by atoms with Crippen molar-refractivity contribution in [2.24, 2.45) is 5.92 Å². The van der Waals surface area contributed by atoms with Gasteiger partial charge < -0.3 is 10.6 Å². The molecular weight excluding hydrogens is 361 g/mol. The molecule has 0 bridgehead atoms. The number of anilines is 1. The maximum absolute atomic E-state index is 13.1. The van der Waals surface area contributed by atoms with Crippen LogP contribution in [0.25, 0.3) is 0 Å². The van der Waals surface area contributed by atoms with E-state index in [4.69, 9.17) is 11.6 Å². The van der Waals surface area contributed by atoms with Crippen LogP contribution < -0.4 is 10.6 Å². The minimum atomic E-state index is -0.607. The van der Waals surface area contributed by atoms with Crippen molar-refractivity contribution in [1.82, 2.24) is 5.32 Å². The van der Waals surface area contributed by atoms with Crippen molar-refractivity contribution in [3.63, 3.8) is 0 Å². The number of hydrogen-bond acceptors (Lipinski definition) is 4. The molecule has 0 radical (unpaired) electrons. The van der Waals surface area contributed by atoms with Gasteiger partial charge >= 0.3 is 0 Å². The zero-order chi connectivity index (χ0) is 19.3. The topological polar surface area (TPSA) is 84.3 Å². The molecule has 0 saturated heterocycles. The number of carbonyl (C=O) groups excluding carboxylic acids is 1. The molecule has 2 aromatic rings. The summed E-state index contributed by atoms with van der Waals surface area (Å²) in [6, 6.07) is 9.92. The maximum Gasteiger partial charge on any atom is 0.294 e. The number of carbonyl (C=O) groups is 1. The summed E-state index contributed by atoms with van der Waals surface area (Å²) < 4.78 is 13.1. The van der Waals surface area contributed by atoms with Crippen LogP contribution >= 0.6 is 11.6 Å². The fourth-order valence-electron chi connectivity index (χ4n) is 2.57. The van der Waals surface area contributed by atoms with E-state index in [9.17, 15) is 19.3 Å². The fraction of sp³-hybridized carbons (Fsp3) is 0.278. The predicted molar refractivity (Wildman–Crippen MR) is 98.7 cm³/mol. The lowest BCUT2D eigenvalue weighted by Gasteiger charge is -2.22. The summed E-state index contributed by atoms with van der Waals surface area (Å²) >= 11 is 5.76. The second-order valence-corrected chi connectivity index (χ2v) is 6.56. The average Bonchev–Trinajstić information content (AvgIpc) is 2.57. The van der Waals surface area contributed by atoms with Crippen LogP contribution in [-0.4, -0.2) is 17.4 Å². The van der Waals surface area contributed by atoms with Gasteiger partial charge in [0.1, 0.15) is 11.5 Å². The van der Waals surface area contributed by atoms with Crippen molar-refractivity contribution in [3.8, 4) is 0 Å². The second-order valence-electron chi connectivity index (χ2n) is 6.12. The molecular formula is C18H19ClFN3O3. The predicted octanol–water partition coefficient (Wildman–Crippen LogP) is 4.31. The molecule has 0 unspecified atom stereocenters. The molecule has 1 amide bonds. The number of halogens is 2. The van der Waals surface area contributed by atoms with Crippen molar-refractivity contribution < 1.29 is 14.1 Å². The molecule has 1 atom stereocenters. The first-order chi connectivity index (χ1) is 12.3. The zero-order valence-corrected chi connectivity index (χ0v) is 15.1. The van der Waals surface area contributed by atoms with Gasteiger partial charge in [-0.3, -0.25) is 14.9 Å². The van der Waals surface area contributed by atoms with E-state index in [0.717, 1.165) is 5.56 Å². The van der Waals surface area contributed by atoms with Gasteiger partial charge in [-0.05, 0) is 35.7 Å². The van der Waals surface area contributed by atoms with Crippen LogP contribution in [0.1, 0.15) is 25.5 Å². The van der Waals surface area contributed by atoms with Crippen molar-refractivity contribution in [3.05, 3.63) is 69.0 Å². The monoisotopic (exact) mass is 379 g/mol. The number of amides is 1. The highest BCUT2D eigenvalue weighted by atomic mass is 35.5. The highest BCUT2D eigenvalue weighted by Gasteiger charge is 2.19. The van der Waals surface area contributed by atoms with Crippen LogP contribution in [0.5, 0.6) is 0 Å². The third kappa shape index (κ3) is 5.24. The van der Waals surface area contributed by atoms with Crippen molar-refractivity contribution in [2.45, 2.75) is 19.9 Å². The zero-order valence-electron chi connectivity index (χ0n) is 14.3. The quantitative estimate of drug-likeness (QED) is 0.554. The lowest BCUT2D eigenvalue weighted by molar-refractivity contribution is -0.383. The van der Waals surface area contributed by atoms with Crippen molar-refractivity contribution >= 4 is 28.9 Å². The van der Waals surface area contributed by atoms with Gasteiger partial charge in [-0.1, -0.05) is 37.6 Å². The number of nitrogens with zero attached hydrogens (tertiary/aromatic N) is 1. The van der Waals surface area contributed by atoms with Gasteiger partial charge in [0.25, 0.3) is 5.69 Å². The van der Waals surface area contributed by atoms with E-state index in [1.807, 2.05) is 13.8 Å². The minimum absolute atomic E-state index is 0.0556. The Kier molecular flexibility index (Phi) is 6.65. The Morgan fingerprint density at radius 3 is 2.46 bits per heavy atom. The Hall–Kier alpha value is -2.51. The summed E-state index contributed by atoms with van der Waals surface area (Å²) in [7, 11) is 0. The first-order valence-corrected chi connectivity index (χ1v) is 8.38. The molecule has 2 N–H and O–H groups in total. The highest BCUT2D eigenvalue weighted by Crippen LogP contribution is 2.27. The van der Waals surface area contributed by atoms with Crippen LogP contribution in [0, 0.1) is 21.8 Å². The van der Waals surface area contributed by atoms with Gasteiger partial charge in [-0.25, -0.2) is 4.39 Å². The van der Waals surface area contributed by atoms with Crippen LogP contribution in [0.2, 0.25) is 5.02 Å². The average molecular weight is 380 g/mol. The molecule has 0 spiro atoms. The van der Waals surface area contributed by atoms with Gasteiger partial charge in [0, 0.05) is 17.1 Å². The number of benzene rings is 2. The van der Waals surface area contributed by atoms with Crippen molar-refractivity contribution in [2.75, 3.05) is 11.9 Å². The van der Waals surface area contributed by atoms with Gasteiger partial charge in [-0.15, -0.1) is 0 Å². The Balaban J connectivity index is 2.05. The lowest BCUT2D eigenvalue weighted by atomic mass is 9.96. The number of nitro benzene ring substituents is 1. The van der Waals surface area contributed by atoms with Gasteiger partial charge in [0.15, 0.2) is 0 Å².